The van der Waals surface area contributed by atoms with Gasteiger partial charge in [-0.1, -0.05) is 29.8 Å². The number of amidine groups is 1. The Bertz CT molecular complexity index is 1350. The minimum atomic E-state index is -0.618. The van der Waals surface area contributed by atoms with Crippen LogP contribution in [0.25, 0.3) is 0 Å². The van der Waals surface area contributed by atoms with Crippen molar-refractivity contribution in [3.05, 3.63) is 58.9 Å². The van der Waals surface area contributed by atoms with Gasteiger partial charge < -0.3 is 35.1 Å². The molecule has 0 unspecified atom stereocenters. The molecule has 0 aromatic heterocycles. The molecule has 0 atom stereocenters. The zero-order valence-electron chi connectivity index (χ0n) is 24.4. The molecule has 12 nitrogen and oxygen atoms in total. The Kier molecular flexibility index (Phi) is 13.1. The number of halogens is 2. The fraction of sp³-hybridized carbons (Fsp3) is 0.286. The number of hydrogen-bond acceptors (Lipinski definition) is 9. The first-order valence-electron chi connectivity index (χ1n) is 12.4. The SMILES string of the molecule is C=CC(=O)Nc1cc(OCCN(C)C)ccc1N/C(=C/C(=N\C)N(C)C(=O)Nc1c(Cl)c(OC)cc(OC)c1Cl)N=C. The number of nitrogens with zero attached hydrogens (tertiary/aromatic N) is 4. The highest BCUT2D eigenvalue weighted by molar-refractivity contribution is 6.41. The van der Waals surface area contributed by atoms with Crippen LogP contribution in [-0.2, 0) is 4.79 Å². The second kappa shape index (κ2) is 16.2. The van der Waals surface area contributed by atoms with Gasteiger partial charge in [0, 0.05) is 38.8 Å². The molecule has 14 heteroatoms. The van der Waals surface area contributed by atoms with Gasteiger partial charge in [0.1, 0.15) is 45.6 Å². The standard InChI is InChI=1S/C28H35Cl2N7O5/c1-9-24(38)34-19-14-17(42-13-12-36(4)5)10-11-18(19)33-22(31-2)16-23(32-3)37(6)28(39)35-27-25(29)20(40-7)15-21(41-8)26(27)30/h9-11,14-16,33H,1-2,12-13H2,3-8H3,(H,34,38)(H,35,39)/b22-16+,32-23+. The number of benzene rings is 2. The van der Waals surface area contributed by atoms with Crippen molar-refractivity contribution in [3.8, 4) is 17.2 Å². The molecule has 0 fully saturated rings. The monoisotopic (exact) mass is 619 g/mol. The van der Waals surface area contributed by atoms with Crippen LogP contribution in [0.4, 0.5) is 21.9 Å². The van der Waals surface area contributed by atoms with Crippen LogP contribution >= 0.6 is 23.2 Å². The number of likely N-dealkylation sites (N-methyl/N-ethyl adjacent to an activating group) is 2. The summed E-state index contributed by atoms with van der Waals surface area (Å²) in [5.74, 6) is 1.08. The largest absolute Gasteiger partial charge is 0.495 e. The van der Waals surface area contributed by atoms with Gasteiger partial charge in [-0.25, -0.2) is 9.79 Å². The summed E-state index contributed by atoms with van der Waals surface area (Å²) >= 11 is 12.8. The molecule has 0 saturated heterocycles. The van der Waals surface area contributed by atoms with Gasteiger partial charge in [0.15, 0.2) is 0 Å². The van der Waals surface area contributed by atoms with Crippen LogP contribution in [0.2, 0.25) is 10.0 Å². The molecule has 3 N–H and O–H groups in total. The molecule has 0 radical (unpaired) electrons. The third-order valence-electron chi connectivity index (χ3n) is 5.62. The highest BCUT2D eigenvalue weighted by Gasteiger charge is 2.22. The van der Waals surface area contributed by atoms with Crippen molar-refractivity contribution in [1.29, 1.82) is 0 Å². The predicted molar refractivity (Wildman–Crippen MR) is 170 cm³/mol. The second-order valence-corrected chi connectivity index (χ2v) is 9.48. The molecular formula is C28H35Cl2N7O5. The average molecular weight is 621 g/mol. The zero-order valence-corrected chi connectivity index (χ0v) is 25.9. The van der Waals surface area contributed by atoms with Crippen LogP contribution in [0, 0.1) is 0 Å². The zero-order chi connectivity index (χ0) is 31.4. The molecule has 2 aromatic rings. The van der Waals surface area contributed by atoms with Gasteiger partial charge in [0.05, 0.1) is 31.3 Å². The lowest BCUT2D eigenvalue weighted by Gasteiger charge is -2.21. The molecule has 3 amide bonds. The molecule has 226 valence electrons. The number of hydrogen-bond donors (Lipinski definition) is 3. The second-order valence-electron chi connectivity index (χ2n) is 8.72. The summed E-state index contributed by atoms with van der Waals surface area (Å²) in [6.07, 6.45) is 2.64. The Morgan fingerprint density at radius 2 is 1.64 bits per heavy atom. The third kappa shape index (κ3) is 9.13. The van der Waals surface area contributed by atoms with Gasteiger partial charge in [-0.2, -0.15) is 0 Å². The number of methoxy groups -OCH3 is 2. The van der Waals surface area contributed by atoms with Crippen molar-refractivity contribution in [2.45, 2.75) is 0 Å². The van der Waals surface area contributed by atoms with Crippen LogP contribution in [0.15, 0.2) is 58.8 Å². The van der Waals surface area contributed by atoms with E-state index in [1.54, 1.807) is 18.2 Å². The van der Waals surface area contributed by atoms with E-state index in [2.05, 4.69) is 39.2 Å². The Hall–Kier alpha value is -4.26. The van der Waals surface area contributed by atoms with Gasteiger partial charge in [-0.3, -0.25) is 14.7 Å². The van der Waals surface area contributed by atoms with Crippen molar-refractivity contribution >= 4 is 64.8 Å². The van der Waals surface area contributed by atoms with Crippen LogP contribution in [0.1, 0.15) is 0 Å². The van der Waals surface area contributed by atoms with Gasteiger partial charge in [0.25, 0.3) is 0 Å². The van der Waals surface area contributed by atoms with E-state index in [9.17, 15) is 9.59 Å². The smallest absolute Gasteiger partial charge is 0.327 e. The van der Waals surface area contributed by atoms with Crippen LogP contribution in [0.3, 0.4) is 0 Å². The minimum Gasteiger partial charge on any atom is -0.495 e. The van der Waals surface area contributed by atoms with Gasteiger partial charge in [-0.15, -0.1) is 0 Å². The Morgan fingerprint density at radius 1 is 1.00 bits per heavy atom. The summed E-state index contributed by atoms with van der Waals surface area (Å²) in [5.41, 5.74) is 0.990. The molecule has 42 heavy (non-hydrogen) atoms. The van der Waals surface area contributed by atoms with Crippen molar-refractivity contribution in [3.63, 3.8) is 0 Å². The van der Waals surface area contributed by atoms with E-state index in [1.165, 1.54) is 45.4 Å². The number of carbonyl (C=O) groups excluding carboxylic acids is 2. The predicted octanol–water partition coefficient (Wildman–Crippen LogP) is 5.22. The lowest BCUT2D eigenvalue weighted by molar-refractivity contribution is -0.111. The summed E-state index contributed by atoms with van der Waals surface area (Å²) in [6.45, 7) is 8.28. The molecule has 0 aliphatic rings. The molecule has 0 spiro atoms. The maximum absolute atomic E-state index is 13.2. The highest BCUT2D eigenvalue weighted by Crippen LogP contribution is 2.44. The lowest BCUT2D eigenvalue weighted by Crippen LogP contribution is -2.36. The Balaban J connectivity index is 2.33. The molecule has 0 aliphatic carbocycles. The van der Waals surface area contributed by atoms with Gasteiger partial charge in [-0.05, 0) is 39.0 Å². The maximum Gasteiger partial charge on any atom is 0.327 e. The normalized spacial score (nSPS) is 11.5. The Morgan fingerprint density at radius 3 is 2.17 bits per heavy atom. The molecule has 0 bridgehead atoms. The Labute approximate surface area is 255 Å². The summed E-state index contributed by atoms with van der Waals surface area (Å²) in [4.78, 5) is 36.7. The van der Waals surface area contributed by atoms with Crippen molar-refractivity contribution in [2.75, 3.05) is 71.5 Å². The summed E-state index contributed by atoms with van der Waals surface area (Å²) in [5, 5.41) is 8.68. The van der Waals surface area contributed by atoms with Crippen molar-refractivity contribution in [2.24, 2.45) is 9.98 Å². The topological polar surface area (TPSA) is 129 Å². The molecule has 0 aliphatic heterocycles. The average Bonchev–Trinajstić information content (AvgIpc) is 2.97. The van der Waals surface area contributed by atoms with E-state index in [0.717, 1.165) is 6.08 Å². The fourth-order valence-electron chi connectivity index (χ4n) is 3.34. The fourth-order valence-corrected chi connectivity index (χ4v) is 3.93. The van der Waals surface area contributed by atoms with E-state index >= 15 is 0 Å². The van der Waals surface area contributed by atoms with Crippen molar-refractivity contribution in [1.82, 2.24) is 9.80 Å². The summed E-state index contributed by atoms with van der Waals surface area (Å²) in [6, 6.07) is 6.01. The van der Waals surface area contributed by atoms with E-state index in [0.29, 0.717) is 30.3 Å². The lowest BCUT2D eigenvalue weighted by atomic mass is 10.2. The number of amides is 3. The van der Waals surface area contributed by atoms with Crippen LogP contribution < -0.4 is 30.2 Å². The number of urea groups is 1. The summed E-state index contributed by atoms with van der Waals surface area (Å²) < 4.78 is 16.3. The summed E-state index contributed by atoms with van der Waals surface area (Å²) in [7, 11) is 9.73. The molecule has 2 rings (SSSR count). The highest BCUT2D eigenvalue weighted by atomic mass is 35.5. The maximum atomic E-state index is 13.2. The van der Waals surface area contributed by atoms with Crippen LogP contribution in [-0.4, -0.2) is 89.9 Å². The van der Waals surface area contributed by atoms with E-state index in [1.807, 2.05) is 19.0 Å². The molecule has 0 saturated carbocycles. The number of aliphatic imine (C=N–C) groups is 2. The number of ether oxygens (including phenoxy) is 3. The van der Waals surface area contributed by atoms with Gasteiger partial charge >= 0.3 is 6.03 Å². The number of anilines is 3. The molecule has 0 heterocycles. The first-order chi connectivity index (χ1) is 20.0. The van der Waals surface area contributed by atoms with Gasteiger partial charge in [0.2, 0.25) is 5.91 Å². The quantitative estimate of drug-likeness (QED) is 0.159. The van der Waals surface area contributed by atoms with Crippen molar-refractivity contribution < 1.29 is 23.8 Å². The first-order valence-corrected chi connectivity index (χ1v) is 13.2. The minimum absolute atomic E-state index is 0.0916. The van der Waals surface area contributed by atoms with E-state index in [4.69, 9.17) is 37.4 Å². The molecule has 2 aromatic carbocycles. The number of rotatable bonds is 13. The van der Waals surface area contributed by atoms with Crippen LogP contribution in [0.5, 0.6) is 17.2 Å². The van der Waals surface area contributed by atoms with E-state index < -0.39 is 11.9 Å². The first kappa shape index (κ1) is 33.9. The van der Waals surface area contributed by atoms with E-state index in [-0.39, 0.29) is 38.9 Å². The third-order valence-corrected chi connectivity index (χ3v) is 6.37. The number of nitrogens with one attached hydrogen (secondary N) is 3. The molecular weight excluding hydrogens is 585 g/mol. The number of carbonyl (C=O) groups is 2.